The molecule has 0 saturated heterocycles. The molecule has 0 aliphatic heterocycles. The van der Waals surface area contributed by atoms with Crippen LogP contribution in [0.1, 0.15) is 12.5 Å². The van der Waals surface area contributed by atoms with Crippen molar-refractivity contribution in [2.45, 2.75) is 24.0 Å². The van der Waals surface area contributed by atoms with Crippen LogP contribution in [-0.4, -0.2) is 20.4 Å². The normalized spacial score (nSPS) is 13.3. The molecule has 1 atom stereocenters. The Balaban J connectivity index is 2.03. The van der Waals surface area contributed by atoms with Gasteiger partial charge in [-0.2, -0.15) is 17.9 Å². The number of benzene rings is 2. The van der Waals surface area contributed by atoms with E-state index < -0.39 is 33.7 Å². The highest BCUT2D eigenvalue weighted by Crippen LogP contribution is 2.29. The second-order valence-corrected chi connectivity index (χ2v) is 6.93. The highest BCUT2D eigenvalue weighted by atomic mass is 32.2. The zero-order valence-corrected chi connectivity index (χ0v) is 13.9. The van der Waals surface area contributed by atoms with Gasteiger partial charge in [-0.3, -0.25) is 4.79 Å². The molecule has 5 nitrogen and oxygen atoms in total. The van der Waals surface area contributed by atoms with E-state index in [4.69, 9.17) is 0 Å². The summed E-state index contributed by atoms with van der Waals surface area (Å²) >= 11 is 0. The van der Waals surface area contributed by atoms with Crippen molar-refractivity contribution in [2.24, 2.45) is 0 Å². The number of halogens is 3. The van der Waals surface area contributed by atoms with Gasteiger partial charge >= 0.3 is 6.18 Å². The average molecular weight is 372 g/mol. The third kappa shape index (κ3) is 5.04. The third-order valence-corrected chi connectivity index (χ3v) is 4.82. The first-order valence-corrected chi connectivity index (χ1v) is 8.63. The summed E-state index contributed by atoms with van der Waals surface area (Å²) in [4.78, 5) is 12.0. The minimum absolute atomic E-state index is 0.00387. The van der Waals surface area contributed by atoms with E-state index in [2.05, 4.69) is 10.0 Å². The minimum atomic E-state index is -4.47. The Kier molecular flexibility index (Phi) is 5.48. The quantitative estimate of drug-likeness (QED) is 0.847. The number of rotatable bonds is 5. The maximum atomic E-state index is 12.5. The zero-order chi connectivity index (χ0) is 18.7. The molecule has 0 fully saturated rings. The highest BCUT2D eigenvalue weighted by molar-refractivity contribution is 7.89. The Hall–Kier alpha value is -2.39. The van der Waals surface area contributed by atoms with Gasteiger partial charge in [0.15, 0.2) is 0 Å². The molecule has 0 bridgehead atoms. The smallest absolute Gasteiger partial charge is 0.325 e. The van der Waals surface area contributed by atoms with Crippen molar-refractivity contribution in [2.75, 3.05) is 5.32 Å². The van der Waals surface area contributed by atoms with Gasteiger partial charge in [0.05, 0.1) is 16.5 Å². The molecule has 1 amide bonds. The topological polar surface area (TPSA) is 75.3 Å². The fourth-order valence-electron chi connectivity index (χ4n) is 1.95. The van der Waals surface area contributed by atoms with Crippen LogP contribution in [-0.2, 0) is 21.0 Å². The summed E-state index contributed by atoms with van der Waals surface area (Å²) in [7, 11) is -3.88. The second kappa shape index (κ2) is 7.24. The van der Waals surface area contributed by atoms with Gasteiger partial charge in [0.25, 0.3) is 0 Å². The van der Waals surface area contributed by atoms with E-state index in [0.29, 0.717) is 0 Å². The van der Waals surface area contributed by atoms with Crippen molar-refractivity contribution < 1.29 is 26.4 Å². The van der Waals surface area contributed by atoms with Gasteiger partial charge < -0.3 is 5.32 Å². The van der Waals surface area contributed by atoms with Crippen molar-refractivity contribution in [1.82, 2.24) is 4.72 Å². The number of alkyl halides is 3. The lowest BCUT2D eigenvalue weighted by atomic mass is 10.2. The van der Waals surface area contributed by atoms with E-state index in [-0.39, 0.29) is 10.6 Å². The van der Waals surface area contributed by atoms with Gasteiger partial charge in [-0.25, -0.2) is 8.42 Å². The average Bonchev–Trinajstić information content (AvgIpc) is 2.55. The molecule has 0 saturated carbocycles. The van der Waals surface area contributed by atoms with Crippen molar-refractivity contribution in [1.29, 1.82) is 0 Å². The van der Waals surface area contributed by atoms with Crippen molar-refractivity contribution in [3.63, 3.8) is 0 Å². The maximum absolute atomic E-state index is 12.5. The van der Waals surface area contributed by atoms with E-state index in [9.17, 15) is 26.4 Å². The van der Waals surface area contributed by atoms with E-state index >= 15 is 0 Å². The van der Waals surface area contributed by atoms with Crippen LogP contribution >= 0.6 is 0 Å². The molecule has 0 unspecified atom stereocenters. The molecule has 25 heavy (non-hydrogen) atoms. The van der Waals surface area contributed by atoms with Crippen molar-refractivity contribution >= 4 is 21.6 Å². The lowest BCUT2D eigenvalue weighted by Gasteiger charge is -2.15. The molecule has 134 valence electrons. The third-order valence-electron chi connectivity index (χ3n) is 3.26. The summed E-state index contributed by atoms with van der Waals surface area (Å²) in [5, 5.41) is 2.36. The van der Waals surface area contributed by atoms with Crippen LogP contribution in [0, 0.1) is 0 Å². The number of carbonyl (C=O) groups is 1. The molecule has 9 heteroatoms. The molecule has 0 aliphatic carbocycles. The van der Waals surface area contributed by atoms with Crippen LogP contribution in [0.4, 0.5) is 18.9 Å². The lowest BCUT2D eigenvalue weighted by Crippen LogP contribution is -2.41. The summed E-state index contributed by atoms with van der Waals surface area (Å²) in [6.07, 6.45) is -4.47. The number of nitrogens with one attached hydrogen (secondary N) is 2. The van der Waals surface area contributed by atoms with Gasteiger partial charge in [-0.1, -0.05) is 18.2 Å². The maximum Gasteiger partial charge on any atom is 0.416 e. The van der Waals surface area contributed by atoms with E-state index in [1.54, 1.807) is 18.2 Å². The van der Waals surface area contributed by atoms with Gasteiger partial charge in [0.2, 0.25) is 15.9 Å². The first kappa shape index (κ1) is 18.9. The zero-order valence-electron chi connectivity index (χ0n) is 13.0. The van der Waals surface area contributed by atoms with Crippen LogP contribution < -0.4 is 10.0 Å². The monoisotopic (exact) mass is 372 g/mol. The summed E-state index contributed by atoms with van der Waals surface area (Å²) in [6.45, 7) is 1.33. The minimum Gasteiger partial charge on any atom is -0.325 e. The van der Waals surface area contributed by atoms with Crippen LogP contribution in [0.25, 0.3) is 0 Å². The number of amides is 1. The fraction of sp³-hybridized carbons (Fsp3) is 0.188. The Morgan fingerprint density at radius 2 is 1.56 bits per heavy atom. The predicted octanol–water partition coefficient (Wildman–Crippen LogP) is 3.01. The Morgan fingerprint density at radius 3 is 2.08 bits per heavy atom. The SMILES string of the molecule is C[C@@H](NS(=O)(=O)c1ccccc1)C(=O)Nc1ccc(C(F)(F)F)cc1. The first-order chi connectivity index (χ1) is 11.6. The number of anilines is 1. The number of carbonyl (C=O) groups excluding carboxylic acids is 1. The summed E-state index contributed by atoms with van der Waals surface area (Å²) in [5.74, 6) is -0.695. The first-order valence-electron chi connectivity index (χ1n) is 7.15. The molecular formula is C16H15F3N2O3S. The van der Waals surface area contributed by atoms with Crippen LogP contribution in [0.3, 0.4) is 0 Å². The lowest BCUT2D eigenvalue weighted by molar-refractivity contribution is -0.137. The largest absolute Gasteiger partial charge is 0.416 e. The van der Waals surface area contributed by atoms with Crippen LogP contribution in [0.5, 0.6) is 0 Å². The molecule has 0 spiro atoms. The molecule has 0 radical (unpaired) electrons. The molecule has 0 heterocycles. The molecule has 2 aromatic rings. The summed E-state index contributed by atoms with van der Waals surface area (Å²) in [6, 6.07) is 10.2. The molecule has 0 aromatic heterocycles. The highest BCUT2D eigenvalue weighted by Gasteiger charge is 2.30. The van der Waals surface area contributed by atoms with E-state index in [1.165, 1.54) is 19.1 Å². The fourth-order valence-corrected chi connectivity index (χ4v) is 3.17. The molecule has 2 aromatic carbocycles. The Labute approximate surface area is 142 Å². The molecule has 2 N–H and O–H groups in total. The van der Waals surface area contributed by atoms with Crippen LogP contribution in [0.2, 0.25) is 0 Å². The number of hydrogen-bond acceptors (Lipinski definition) is 3. The Bertz CT molecular complexity index is 835. The standard InChI is InChI=1S/C16H15F3N2O3S/c1-11(21-25(23,24)14-5-3-2-4-6-14)15(22)20-13-9-7-12(8-10-13)16(17,18)19/h2-11,21H,1H3,(H,20,22)/t11-/m1/s1. The number of hydrogen-bond donors (Lipinski definition) is 2. The molecular weight excluding hydrogens is 357 g/mol. The molecule has 2 rings (SSSR count). The van der Waals surface area contributed by atoms with Gasteiger partial charge in [0.1, 0.15) is 0 Å². The number of sulfonamides is 1. The van der Waals surface area contributed by atoms with E-state index in [0.717, 1.165) is 24.3 Å². The second-order valence-electron chi connectivity index (χ2n) is 5.22. The van der Waals surface area contributed by atoms with Crippen LogP contribution in [0.15, 0.2) is 59.5 Å². The predicted molar refractivity (Wildman–Crippen MR) is 86.3 cm³/mol. The van der Waals surface area contributed by atoms with E-state index in [1.807, 2.05) is 0 Å². The molecule has 0 aliphatic rings. The van der Waals surface area contributed by atoms with Gasteiger partial charge in [0, 0.05) is 5.69 Å². The van der Waals surface area contributed by atoms with Gasteiger partial charge in [-0.15, -0.1) is 0 Å². The van der Waals surface area contributed by atoms with Crippen molar-refractivity contribution in [3.8, 4) is 0 Å². The summed E-state index contributed by atoms with van der Waals surface area (Å²) in [5.41, 5.74) is -0.716. The Morgan fingerprint density at radius 1 is 1.00 bits per heavy atom. The van der Waals surface area contributed by atoms with Crippen molar-refractivity contribution in [3.05, 3.63) is 60.2 Å². The van der Waals surface area contributed by atoms with Gasteiger partial charge in [-0.05, 0) is 43.3 Å². The summed E-state index contributed by atoms with van der Waals surface area (Å²) < 4.78 is 64.0.